The molecule has 0 radical (unpaired) electrons. The third-order valence-electron chi connectivity index (χ3n) is 11.0. The number of rotatable bonds is 5. The standard InChI is InChI=1S/C49H34F3N9/c1-26-18-33(20-35(19-26)49(50,51)52)40-24-43(60-41-12-8-6-10-36(41)38-16-14-31(21-44(38)60)47-56-27(2)54-28(3)57-47)34(25-53)23-46(40)61-42-13-9-7-11-37(42)39-17-15-32(22-45(39)61)48-58-29(4)55-30(5)59-48/h6-24H,1-5H3. The molecule has 61 heavy (non-hydrogen) atoms. The van der Waals surface area contributed by atoms with Gasteiger partial charge >= 0.3 is 6.18 Å². The summed E-state index contributed by atoms with van der Waals surface area (Å²) in [5, 5.41) is 14.8. The van der Waals surface area contributed by atoms with Crippen LogP contribution in [0, 0.1) is 45.9 Å². The van der Waals surface area contributed by atoms with Gasteiger partial charge in [-0.3, -0.25) is 0 Å². The van der Waals surface area contributed by atoms with Gasteiger partial charge < -0.3 is 9.13 Å². The zero-order valence-corrected chi connectivity index (χ0v) is 33.6. The van der Waals surface area contributed by atoms with Gasteiger partial charge in [-0.2, -0.15) is 18.4 Å². The van der Waals surface area contributed by atoms with E-state index in [9.17, 15) is 18.4 Å². The topological polar surface area (TPSA) is 111 Å². The molecule has 9 nitrogen and oxygen atoms in total. The van der Waals surface area contributed by atoms with E-state index in [2.05, 4.69) is 36.0 Å². The van der Waals surface area contributed by atoms with Crippen molar-refractivity contribution >= 4 is 43.6 Å². The predicted octanol–water partition coefficient (Wildman–Crippen LogP) is 11.7. The van der Waals surface area contributed by atoms with Crippen LogP contribution in [-0.4, -0.2) is 39.0 Å². The fraction of sp³-hybridized carbons (Fsp3) is 0.122. The Kier molecular flexibility index (Phi) is 8.55. The maximum atomic E-state index is 14.6. The van der Waals surface area contributed by atoms with E-state index in [-0.39, 0.29) is 0 Å². The molecule has 0 bridgehead atoms. The molecular formula is C49H34F3N9. The molecule has 0 spiro atoms. The normalized spacial score (nSPS) is 11.9. The van der Waals surface area contributed by atoms with Crippen molar-refractivity contribution in [1.29, 1.82) is 5.26 Å². The maximum Gasteiger partial charge on any atom is 0.416 e. The van der Waals surface area contributed by atoms with Crippen LogP contribution in [0.4, 0.5) is 13.2 Å². The van der Waals surface area contributed by atoms with Gasteiger partial charge in [-0.05, 0) is 94.3 Å². The summed E-state index contributed by atoms with van der Waals surface area (Å²) in [5.41, 5.74) is 6.50. The van der Waals surface area contributed by atoms with Crippen molar-refractivity contribution in [3.05, 3.63) is 155 Å². The second-order valence-electron chi connectivity index (χ2n) is 15.3. The number of nitriles is 1. The third kappa shape index (κ3) is 6.33. The Labute approximate surface area is 347 Å². The van der Waals surface area contributed by atoms with Crippen molar-refractivity contribution in [3.8, 4) is 51.3 Å². The molecule has 0 aliphatic carbocycles. The van der Waals surface area contributed by atoms with Crippen molar-refractivity contribution in [2.24, 2.45) is 0 Å². The van der Waals surface area contributed by atoms with Gasteiger partial charge in [-0.15, -0.1) is 0 Å². The first-order chi connectivity index (χ1) is 29.3. The van der Waals surface area contributed by atoms with E-state index in [0.29, 0.717) is 68.6 Å². The molecule has 12 heteroatoms. The van der Waals surface area contributed by atoms with Crippen LogP contribution < -0.4 is 0 Å². The van der Waals surface area contributed by atoms with E-state index in [0.717, 1.165) is 60.8 Å². The first-order valence-corrected chi connectivity index (χ1v) is 19.6. The first-order valence-electron chi connectivity index (χ1n) is 19.6. The molecular weight excluding hydrogens is 772 g/mol. The minimum atomic E-state index is -4.60. The van der Waals surface area contributed by atoms with Crippen molar-refractivity contribution in [2.45, 2.75) is 40.8 Å². The maximum absolute atomic E-state index is 14.6. The van der Waals surface area contributed by atoms with Crippen molar-refractivity contribution in [1.82, 2.24) is 39.0 Å². The van der Waals surface area contributed by atoms with Crippen LogP contribution >= 0.6 is 0 Å². The van der Waals surface area contributed by atoms with Gasteiger partial charge in [-0.1, -0.05) is 66.7 Å². The molecule has 0 saturated carbocycles. The summed E-state index contributed by atoms with van der Waals surface area (Å²) in [6.45, 7) is 8.92. The number of para-hydroxylation sites is 2. The summed E-state index contributed by atoms with van der Waals surface area (Å²) in [4.78, 5) is 27.2. The highest BCUT2D eigenvalue weighted by Gasteiger charge is 2.32. The van der Waals surface area contributed by atoms with E-state index >= 15 is 0 Å². The lowest BCUT2D eigenvalue weighted by molar-refractivity contribution is -0.137. The van der Waals surface area contributed by atoms with Crippen LogP contribution in [0.5, 0.6) is 0 Å². The summed E-state index contributed by atoms with van der Waals surface area (Å²) >= 11 is 0. The lowest BCUT2D eigenvalue weighted by atomic mass is 9.96. The zero-order chi connectivity index (χ0) is 42.3. The Morgan fingerprint density at radius 1 is 0.475 bits per heavy atom. The molecule has 4 aromatic heterocycles. The highest BCUT2D eigenvalue weighted by atomic mass is 19.4. The average Bonchev–Trinajstić information content (AvgIpc) is 3.74. The number of fused-ring (bicyclic) bond motifs is 6. The van der Waals surface area contributed by atoms with Gasteiger partial charge in [0.25, 0.3) is 0 Å². The number of benzene rings is 6. The minimum absolute atomic E-state index is 0.313. The van der Waals surface area contributed by atoms with E-state index in [1.165, 1.54) is 6.07 Å². The van der Waals surface area contributed by atoms with Crippen LogP contribution in [0.3, 0.4) is 0 Å². The highest BCUT2D eigenvalue weighted by molar-refractivity contribution is 6.12. The molecule has 0 fully saturated rings. The van der Waals surface area contributed by atoms with Crippen LogP contribution in [0.2, 0.25) is 0 Å². The Morgan fingerprint density at radius 3 is 1.44 bits per heavy atom. The molecule has 10 aromatic rings. The van der Waals surface area contributed by atoms with Crippen LogP contribution in [-0.2, 0) is 6.18 Å². The van der Waals surface area contributed by atoms with Crippen molar-refractivity contribution in [3.63, 3.8) is 0 Å². The quantitative estimate of drug-likeness (QED) is 0.170. The number of halogens is 3. The zero-order valence-electron chi connectivity index (χ0n) is 33.6. The number of hydrogen-bond acceptors (Lipinski definition) is 7. The SMILES string of the molecule is Cc1cc(-c2cc(-n3c4ccccc4c4ccc(-c5nc(C)nc(C)n5)cc43)c(C#N)cc2-n2c3ccccc3c3ccc(-c4nc(C)nc(C)n4)cc32)cc(C(F)(F)F)c1. The Morgan fingerprint density at radius 2 is 0.951 bits per heavy atom. The molecule has 0 aliphatic rings. The number of aryl methyl sites for hydroxylation is 5. The first kappa shape index (κ1) is 37.5. The molecule has 0 aliphatic heterocycles. The fourth-order valence-electron chi connectivity index (χ4n) is 8.60. The molecule has 0 atom stereocenters. The molecule has 0 saturated heterocycles. The minimum Gasteiger partial charge on any atom is -0.309 e. The van der Waals surface area contributed by atoms with E-state index in [1.54, 1.807) is 19.1 Å². The number of hydrogen-bond donors (Lipinski definition) is 0. The summed E-state index contributed by atoms with van der Waals surface area (Å²) in [5.74, 6) is 3.33. The third-order valence-corrected chi connectivity index (χ3v) is 11.0. The molecule has 296 valence electrons. The van der Waals surface area contributed by atoms with Gasteiger partial charge in [-0.25, -0.2) is 29.9 Å². The summed E-state index contributed by atoms with van der Waals surface area (Å²) in [6, 6.07) is 37.9. The van der Waals surface area contributed by atoms with Crippen molar-refractivity contribution in [2.75, 3.05) is 0 Å². The molecule has 6 aromatic carbocycles. The Balaban J connectivity index is 1.33. The van der Waals surface area contributed by atoms with Gasteiger partial charge in [0.2, 0.25) is 0 Å². The Hall–Kier alpha value is -7.78. The lowest BCUT2D eigenvalue weighted by Crippen LogP contribution is -2.07. The van der Waals surface area contributed by atoms with Crippen LogP contribution in [0.25, 0.3) is 88.9 Å². The summed E-state index contributed by atoms with van der Waals surface area (Å²) in [6.07, 6.45) is -4.60. The molecule has 0 N–H and O–H groups in total. The number of nitrogens with zero attached hydrogens (tertiary/aromatic N) is 9. The molecule has 0 amide bonds. The van der Waals surface area contributed by atoms with Crippen LogP contribution in [0.1, 0.15) is 40.0 Å². The summed E-state index contributed by atoms with van der Waals surface area (Å²) in [7, 11) is 0. The smallest absolute Gasteiger partial charge is 0.309 e. The lowest BCUT2D eigenvalue weighted by Gasteiger charge is -2.20. The Bertz CT molecular complexity index is 3460. The number of alkyl halides is 3. The van der Waals surface area contributed by atoms with E-state index < -0.39 is 11.7 Å². The van der Waals surface area contributed by atoms with Gasteiger partial charge in [0.1, 0.15) is 29.4 Å². The second-order valence-corrected chi connectivity index (χ2v) is 15.3. The highest BCUT2D eigenvalue weighted by Crippen LogP contribution is 2.43. The van der Waals surface area contributed by atoms with Gasteiger partial charge in [0.15, 0.2) is 11.6 Å². The van der Waals surface area contributed by atoms with Gasteiger partial charge in [0.05, 0.1) is 44.6 Å². The monoisotopic (exact) mass is 805 g/mol. The molecule has 4 heterocycles. The van der Waals surface area contributed by atoms with Crippen LogP contribution in [0.15, 0.2) is 115 Å². The molecule has 0 unspecified atom stereocenters. The van der Waals surface area contributed by atoms with Crippen molar-refractivity contribution < 1.29 is 13.2 Å². The van der Waals surface area contributed by atoms with E-state index in [4.69, 9.17) is 0 Å². The average molecular weight is 806 g/mol. The summed E-state index contributed by atoms with van der Waals surface area (Å²) < 4.78 is 47.9. The van der Waals surface area contributed by atoms with E-state index in [1.807, 2.05) is 128 Å². The predicted molar refractivity (Wildman–Crippen MR) is 232 cm³/mol. The molecule has 10 rings (SSSR count). The fourth-order valence-corrected chi connectivity index (χ4v) is 8.60. The second kappa shape index (κ2) is 13.9. The largest absolute Gasteiger partial charge is 0.416 e. The van der Waals surface area contributed by atoms with Gasteiger partial charge in [0, 0.05) is 38.2 Å². The number of aromatic nitrogens is 8.